The smallest absolute Gasteiger partial charge is 0.179 e. The molecule has 0 aliphatic carbocycles. The van der Waals surface area contributed by atoms with Crippen LogP contribution in [-0.4, -0.2) is 28.7 Å². The van der Waals surface area contributed by atoms with Gasteiger partial charge in [0.1, 0.15) is 11.3 Å². The van der Waals surface area contributed by atoms with E-state index >= 15 is 0 Å². The van der Waals surface area contributed by atoms with E-state index < -0.39 is 9.84 Å². The summed E-state index contributed by atoms with van der Waals surface area (Å²) in [5.74, 6) is 0.749. The summed E-state index contributed by atoms with van der Waals surface area (Å²) in [6.45, 7) is 3.82. The summed E-state index contributed by atoms with van der Waals surface area (Å²) in [6.07, 6.45) is 2.37. The Bertz CT molecular complexity index is 975. The molecule has 23 heavy (non-hydrogen) atoms. The van der Waals surface area contributed by atoms with E-state index in [0.29, 0.717) is 22.7 Å². The van der Waals surface area contributed by atoms with Gasteiger partial charge in [-0.3, -0.25) is 0 Å². The van der Waals surface area contributed by atoms with Gasteiger partial charge in [0.25, 0.3) is 0 Å². The molecule has 0 saturated carbocycles. The molecule has 0 unspecified atom stereocenters. The number of nitrogens with zero attached hydrogens (tertiary/aromatic N) is 3. The molecule has 0 spiro atoms. The molecule has 3 rings (SSSR count). The van der Waals surface area contributed by atoms with Crippen molar-refractivity contribution in [3.8, 4) is 11.4 Å². The molecule has 0 atom stereocenters. The first kappa shape index (κ1) is 15.7. The topological polar surface area (TPSA) is 64.8 Å². The van der Waals surface area contributed by atoms with E-state index in [0.717, 1.165) is 16.7 Å². The average Bonchev–Trinajstić information content (AvgIpc) is 2.83. The monoisotopic (exact) mass is 329 g/mol. The summed E-state index contributed by atoms with van der Waals surface area (Å²) in [5, 5.41) is 0. The fourth-order valence-corrected chi connectivity index (χ4v) is 4.26. The van der Waals surface area contributed by atoms with Crippen LogP contribution in [0.5, 0.6) is 0 Å². The lowest BCUT2D eigenvalue weighted by Gasteiger charge is -2.09. The standard InChI is InChI=1S/C17H19N3O2S/c1-4-9-23(21,22)15-8-6-5-7-13(15)16-19-14-10-12(2)11-18-17(14)20(16)3/h5-8,10-11H,4,9H2,1-3H3. The highest BCUT2D eigenvalue weighted by Gasteiger charge is 2.21. The van der Waals surface area contributed by atoms with Crippen molar-refractivity contribution in [1.82, 2.24) is 14.5 Å². The molecule has 120 valence electrons. The molecule has 1 aromatic carbocycles. The number of hydrogen-bond donors (Lipinski definition) is 0. The molecule has 0 saturated heterocycles. The van der Waals surface area contributed by atoms with Gasteiger partial charge < -0.3 is 4.57 Å². The highest BCUT2D eigenvalue weighted by molar-refractivity contribution is 7.91. The number of aryl methyl sites for hydroxylation is 2. The Morgan fingerprint density at radius 2 is 1.96 bits per heavy atom. The van der Waals surface area contributed by atoms with Crippen LogP contribution in [0, 0.1) is 6.92 Å². The Morgan fingerprint density at radius 1 is 1.22 bits per heavy atom. The molecule has 0 aliphatic heterocycles. The van der Waals surface area contributed by atoms with Gasteiger partial charge >= 0.3 is 0 Å². The van der Waals surface area contributed by atoms with Crippen LogP contribution in [0.15, 0.2) is 41.4 Å². The van der Waals surface area contributed by atoms with Gasteiger partial charge in [-0.25, -0.2) is 18.4 Å². The summed E-state index contributed by atoms with van der Waals surface area (Å²) in [4.78, 5) is 9.35. The normalized spacial score (nSPS) is 12.0. The van der Waals surface area contributed by atoms with E-state index in [2.05, 4.69) is 9.97 Å². The molecule has 6 heteroatoms. The van der Waals surface area contributed by atoms with E-state index in [1.807, 2.05) is 37.6 Å². The van der Waals surface area contributed by atoms with Crippen LogP contribution in [0.1, 0.15) is 18.9 Å². The lowest BCUT2D eigenvalue weighted by molar-refractivity contribution is 0.595. The minimum Gasteiger partial charge on any atom is -0.312 e. The molecule has 0 radical (unpaired) electrons. The summed E-state index contributed by atoms with van der Waals surface area (Å²) < 4.78 is 27.0. The predicted molar refractivity (Wildman–Crippen MR) is 91.0 cm³/mol. The number of rotatable bonds is 4. The summed E-state index contributed by atoms with van der Waals surface area (Å²) in [6, 6.07) is 8.99. The zero-order valence-corrected chi connectivity index (χ0v) is 14.3. The van der Waals surface area contributed by atoms with Crippen molar-refractivity contribution in [2.45, 2.75) is 25.2 Å². The molecule has 0 amide bonds. The minimum atomic E-state index is -3.33. The Balaban J connectivity index is 2.26. The number of fused-ring (bicyclic) bond motifs is 1. The van der Waals surface area contributed by atoms with Crippen LogP contribution in [-0.2, 0) is 16.9 Å². The van der Waals surface area contributed by atoms with Crippen molar-refractivity contribution in [3.63, 3.8) is 0 Å². The van der Waals surface area contributed by atoms with Crippen molar-refractivity contribution >= 4 is 21.0 Å². The average molecular weight is 329 g/mol. The van der Waals surface area contributed by atoms with E-state index in [1.165, 1.54) is 0 Å². The number of pyridine rings is 1. The molecule has 2 heterocycles. The molecular weight excluding hydrogens is 310 g/mol. The second-order valence-electron chi connectivity index (χ2n) is 5.66. The first-order valence-electron chi connectivity index (χ1n) is 7.55. The van der Waals surface area contributed by atoms with Crippen LogP contribution < -0.4 is 0 Å². The van der Waals surface area contributed by atoms with Crippen LogP contribution in [0.2, 0.25) is 0 Å². The summed E-state index contributed by atoms with van der Waals surface area (Å²) >= 11 is 0. The van der Waals surface area contributed by atoms with Gasteiger partial charge in [0.05, 0.1) is 10.6 Å². The Kier molecular flexibility index (Phi) is 3.93. The van der Waals surface area contributed by atoms with Gasteiger partial charge in [-0.05, 0) is 37.1 Å². The first-order valence-corrected chi connectivity index (χ1v) is 9.20. The summed E-state index contributed by atoms with van der Waals surface area (Å²) in [7, 11) is -1.47. The van der Waals surface area contributed by atoms with Crippen molar-refractivity contribution in [3.05, 3.63) is 42.1 Å². The number of sulfone groups is 1. The summed E-state index contributed by atoms with van der Waals surface area (Å²) in [5.41, 5.74) is 3.16. The molecule has 0 fully saturated rings. The highest BCUT2D eigenvalue weighted by atomic mass is 32.2. The largest absolute Gasteiger partial charge is 0.312 e. The van der Waals surface area contributed by atoms with Gasteiger partial charge in [0, 0.05) is 18.8 Å². The maximum absolute atomic E-state index is 12.6. The van der Waals surface area contributed by atoms with Gasteiger partial charge in [-0.2, -0.15) is 0 Å². The van der Waals surface area contributed by atoms with Crippen molar-refractivity contribution in [1.29, 1.82) is 0 Å². The Morgan fingerprint density at radius 3 is 2.70 bits per heavy atom. The Labute approximate surface area is 135 Å². The molecular formula is C17H19N3O2S. The second kappa shape index (κ2) is 5.77. The van der Waals surface area contributed by atoms with Gasteiger partial charge in [0.2, 0.25) is 0 Å². The minimum absolute atomic E-state index is 0.130. The molecule has 3 aromatic rings. The fraction of sp³-hybridized carbons (Fsp3) is 0.294. The number of aromatic nitrogens is 3. The molecule has 2 aromatic heterocycles. The maximum Gasteiger partial charge on any atom is 0.179 e. The SMILES string of the molecule is CCCS(=O)(=O)c1ccccc1-c1nc2cc(C)cnc2n1C. The third-order valence-electron chi connectivity index (χ3n) is 3.78. The number of benzene rings is 1. The third kappa shape index (κ3) is 2.74. The van der Waals surface area contributed by atoms with Crippen molar-refractivity contribution in [2.75, 3.05) is 5.75 Å². The zero-order valence-electron chi connectivity index (χ0n) is 13.4. The lowest BCUT2D eigenvalue weighted by atomic mass is 10.2. The zero-order chi connectivity index (χ0) is 16.6. The number of hydrogen-bond acceptors (Lipinski definition) is 4. The van der Waals surface area contributed by atoms with E-state index in [1.54, 1.807) is 24.4 Å². The quantitative estimate of drug-likeness (QED) is 0.737. The van der Waals surface area contributed by atoms with Crippen LogP contribution in [0.4, 0.5) is 0 Å². The van der Waals surface area contributed by atoms with E-state index in [9.17, 15) is 8.42 Å². The fourth-order valence-electron chi connectivity index (χ4n) is 2.72. The predicted octanol–water partition coefficient (Wildman–Crippen LogP) is 3.13. The van der Waals surface area contributed by atoms with Crippen LogP contribution in [0.25, 0.3) is 22.6 Å². The molecule has 0 aliphatic rings. The third-order valence-corrected chi connectivity index (χ3v) is 5.75. The lowest BCUT2D eigenvalue weighted by Crippen LogP contribution is -2.08. The van der Waals surface area contributed by atoms with Crippen molar-refractivity contribution in [2.24, 2.45) is 7.05 Å². The maximum atomic E-state index is 12.6. The van der Waals surface area contributed by atoms with Gasteiger partial charge in [0.15, 0.2) is 15.5 Å². The second-order valence-corrected chi connectivity index (χ2v) is 7.74. The first-order chi connectivity index (χ1) is 10.9. The molecule has 5 nitrogen and oxygen atoms in total. The van der Waals surface area contributed by atoms with Crippen molar-refractivity contribution < 1.29 is 8.42 Å². The Hall–Kier alpha value is -2.21. The van der Waals surface area contributed by atoms with E-state index in [-0.39, 0.29) is 5.75 Å². The highest BCUT2D eigenvalue weighted by Crippen LogP contribution is 2.29. The number of imidazole rings is 1. The van der Waals surface area contributed by atoms with Crippen LogP contribution >= 0.6 is 0 Å². The van der Waals surface area contributed by atoms with Gasteiger partial charge in [-0.1, -0.05) is 19.1 Å². The molecule has 0 N–H and O–H groups in total. The molecule has 0 bridgehead atoms. The van der Waals surface area contributed by atoms with Crippen LogP contribution in [0.3, 0.4) is 0 Å². The van der Waals surface area contributed by atoms with Gasteiger partial charge in [-0.15, -0.1) is 0 Å². The van der Waals surface area contributed by atoms with E-state index in [4.69, 9.17) is 0 Å².